The van der Waals surface area contributed by atoms with Crippen molar-refractivity contribution in [2.24, 2.45) is 5.92 Å². The van der Waals surface area contributed by atoms with Crippen molar-refractivity contribution in [3.05, 3.63) is 23.8 Å². The van der Waals surface area contributed by atoms with Gasteiger partial charge in [0, 0.05) is 30.4 Å². The first-order valence-electron chi connectivity index (χ1n) is 6.43. The molecule has 4 heteroatoms. The number of benzene rings is 1. The lowest BCUT2D eigenvalue weighted by atomic mass is 9.96. The Hall–Kier alpha value is -1.26. The monoisotopic (exact) mass is 251 g/mol. The molecule has 1 aliphatic rings. The fraction of sp³-hybridized carbons (Fsp3) is 0.571. The van der Waals surface area contributed by atoms with Crippen molar-refractivity contribution in [2.75, 3.05) is 18.0 Å². The molecule has 0 aliphatic carbocycles. The number of hydrogen-bond donors (Lipinski definition) is 3. The van der Waals surface area contributed by atoms with Crippen LogP contribution in [0.4, 0.5) is 5.69 Å². The molecule has 1 saturated heterocycles. The summed E-state index contributed by atoms with van der Waals surface area (Å²) in [6.45, 7) is 5.24. The third kappa shape index (κ3) is 2.60. The Bertz CT molecular complexity index is 420. The van der Waals surface area contributed by atoms with Gasteiger partial charge >= 0.3 is 0 Å². The number of aromatic hydroxyl groups is 1. The van der Waals surface area contributed by atoms with Gasteiger partial charge in [0.2, 0.25) is 0 Å². The summed E-state index contributed by atoms with van der Waals surface area (Å²) in [4.78, 5) is 2.16. The number of aliphatic hydroxyl groups excluding tert-OH is 2. The van der Waals surface area contributed by atoms with Gasteiger partial charge in [-0.15, -0.1) is 0 Å². The van der Waals surface area contributed by atoms with Crippen molar-refractivity contribution in [1.82, 2.24) is 0 Å². The van der Waals surface area contributed by atoms with E-state index in [1.54, 1.807) is 19.1 Å². The normalized spacial score (nSPS) is 26.1. The van der Waals surface area contributed by atoms with Crippen molar-refractivity contribution < 1.29 is 15.3 Å². The molecule has 4 nitrogen and oxygen atoms in total. The Morgan fingerprint density at radius 2 is 2.11 bits per heavy atom. The predicted octanol–water partition coefficient (Wildman–Crippen LogP) is 1.65. The molecular formula is C14H21NO3. The lowest BCUT2D eigenvalue weighted by Gasteiger charge is -2.36. The summed E-state index contributed by atoms with van der Waals surface area (Å²) in [5.41, 5.74) is 1.49. The zero-order chi connectivity index (χ0) is 13.3. The largest absolute Gasteiger partial charge is 0.507 e. The van der Waals surface area contributed by atoms with Crippen molar-refractivity contribution in [3.63, 3.8) is 0 Å². The summed E-state index contributed by atoms with van der Waals surface area (Å²) in [7, 11) is 0. The highest BCUT2D eigenvalue weighted by atomic mass is 16.3. The minimum atomic E-state index is -0.666. The second-order valence-electron chi connectivity index (χ2n) is 5.20. The molecule has 100 valence electrons. The molecule has 1 aromatic carbocycles. The summed E-state index contributed by atoms with van der Waals surface area (Å²) < 4.78 is 0. The fourth-order valence-corrected chi connectivity index (χ4v) is 2.45. The summed E-state index contributed by atoms with van der Waals surface area (Å²) in [6, 6.07) is 5.35. The molecule has 0 aromatic heterocycles. The highest BCUT2D eigenvalue weighted by Gasteiger charge is 2.24. The molecular weight excluding hydrogens is 230 g/mol. The van der Waals surface area contributed by atoms with E-state index in [9.17, 15) is 15.3 Å². The molecule has 1 fully saturated rings. The van der Waals surface area contributed by atoms with Gasteiger partial charge in [-0.2, -0.15) is 0 Å². The summed E-state index contributed by atoms with van der Waals surface area (Å²) >= 11 is 0. The summed E-state index contributed by atoms with van der Waals surface area (Å²) in [5, 5.41) is 29.1. The molecule has 0 radical (unpaired) electrons. The Labute approximate surface area is 107 Å². The summed E-state index contributed by atoms with van der Waals surface area (Å²) in [5.74, 6) is 0.360. The van der Waals surface area contributed by atoms with Crippen LogP contribution in [-0.2, 0) is 0 Å². The molecule has 18 heavy (non-hydrogen) atoms. The van der Waals surface area contributed by atoms with Crippen LogP contribution in [0.2, 0.25) is 0 Å². The molecule has 2 rings (SSSR count). The van der Waals surface area contributed by atoms with Gasteiger partial charge in [-0.1, -0.05) is 13.0 Å². The molecule has 0 spiro atoms. The minimum Gasteiger partial charge on any atom is -0.507 e. The maximum Gasteiger partial charge on any atom is 0.123 e. The average molecular weight is 251 g/mol. The number of anilines is 1. The number of phenols is 1. The van der Waals surface area contributed by atoms with Crippen LogP contribution in [-0.4, -0.2) is 34.5 Å². The Morgan fingerprint density at radius 3 is 2.67 bits per heavy atom. The first-order chi connectivity index (χ1) is 8.49. The predicted molar refractivity (Wildman–Crippen MR) is 70.7 cm³/mol. The van der Waals surface area contributed by atoms with E-state index in [1.807, 2.05) is 13.0 Å². The van der Waals surface area contributed by atoms with Crippen molar-refractivity contribution in [1.29, 1.82) is 0 Å². The van der Waals surface area contributed by atoms with Crippen LogP contribution in [0, 0.1) is 5.92 Å². The minimum absolute atomic E-state index is 0.126. The van der Waals surface area contributed by atoms with E-state index in [2.05, 4.69) is 4.90 Å². The number of hydrogen-bond acceptors (Lipinski definition) is 4. The maximum atomic E-state index is 9.87. The third-order valence-electron chi connectivity index (χ3n) is 3.69. The standard InChI is InChI=1S/C14H21NO3/c1-9-8-15(6-5-13(9)17)11-3-4-12(10(2)16)14(18)7-11/h3-4,7,9-10,13,16-18H,5-6,8H2,1-2H3. The number of phenolic OH excluding ortho intramolecular Hbond substituents is 1. The molecule has 3 N–H and O–H groups in total. The van der Waals surface area contributed by atoms with Crippen molar-refractivity contribution in [2.45, 2.75) is 32.5 Å². The maximum absolute atomic E-state index is 9.87. The van der Waals surface area contributed by atoms with Gasteiger partial charge in [-0.05, 0) is 25.3 Å². The Kier molecular flexibility index (Phi) is 3.78. The second-order valence-corrected chi connectivity index (χ2v) is 5.20. The van der Waals surface area contributed by atoms with Crippen LogP contribution in [0.25, 0.3) is 0 Å². The van der Waals surface area contributed by atoms with Crippen molar-refractivity contribution in [3.8, 4) is 5.75 Å². The SMILES string of the molecule is CC(O)c1ccc(N2CCC(O)C(C)C2)cc1O. The fourth-order valence-electron chi connectivity index (χ4n) is 2.45. The molecule has 1 heterocycles. The molecule has 3 atom stereocenters. The van der Waals surface area contributed by atoms with Gasteiger partial charge in [0.25, 0.3) is 0 Å². The van der Waals surface area contributed by atoms with Crippen LogP contribution in [0.5, 0.6) is 5.75 Å². The van der Waals surface area contributed by atoms with E-state index < -0.39 is 6.10 Å². The van der Waals surface area contributed by atoms with Crippen LogP contribution in [0.15, 0.2) is 18.2 Å². The molecule has 1 aromatic rings. The van der Waals surface area contributed by atoms with Gasteiger partial charge in [0.15, 0.2) is 0 Å². The van der Waals surface area contributed by atoms with Crippen LogP contribution in [0.3, 0.4) is 0 Å². The topological polar surface area (TPSA) is 63.9 Å². The van der Waals surface area contributed by atoms with E-state index in [-0.39, 0.29) is 17.8 Å². The number of aliphatic hydroxyl groups is 2. The smallest absolute Gasteiger partial charge is 0.123 e. The quantitative estimate of drug-likeness (QED) is 0.748. The highest BCUT2D eigenvalue weighted by molar-refractivity contribution is 5.54. The second kappa shape index (κ2) is 5.16. The van der Waals surface area contributed by atoms with Crippen LogP contribution < -0.4 is 4.90 Å². The summed E-state index contributed by atoms with van der Waals surface area (Å²) in [6.07, 6.45) is -0.146. The molecule has 3 unspecified atom stereocenters. The lowest BCUT2D eigenvalue weighted by Crippen LogP contribution is -2.41. The van der Waals surface area contributed by atoms with E-state index in [1.165, 1.54) is 0 Å². The van der Waals surface area contributed by atoms with E-state index in [4.69, 9.17) is 0 Å². The van der Waals surface area contributed by atoms with E-state index in [0.717, 1.165) is 25.2 Å². The zero-order valence-electron chi connectivity index (χ0n) is 10.9. The van der Waals surface area contributed by atoms with Gasteiger partial charge in [-0.25, -0.2) is 0 Å². The molecule has 0 saturated carbocycles. The van der Waals surface area contributed by atoms with Gasteiger partial charge in [0.05, 0.1) is 12.2 Å². The van der Waals surface area contributed by atoms with E-state index in [0.29, 0.717) is 5.56 Å². The number of nitrogens with zero attached hydrogens (tertiary/aromatic N) is 1. The van der Waals surface area contributed by atoms with E-state index >= 15 is 0 Å². The first-order valence-corrected chi connectivity index (χ1v) is 6.43. The average Bonchev–Trinajstić information content (AvgIpc) is 2.32. The number of piperidine rings is 1. The van der Waals surface area contributed by atoms with Crippen LogP contribution >= 0.6 is 0 Å². The third-order valence-corrected chi connectivity index (χ3v) is 3.69. The molecule has 0 amide bonds. The zero-order valence-corrected chi connectivity index (χ0v) is 10.9. The lowest BCUT2D eigenvalue weighted by molar-refractivity contribution is 0.0971. The highest BCUT2D eigenvalue weighted by Crippen LogP contribution is 2.31. The Balaban J connectivity index is 2.17. The van der Waals surface area contributed by atoms with Gasteiger partial charge in [0.1, 0.15) is 5.75 Å². The van der Waals surface area contributed by atoms with Gasteiger partial charge < -0.3 is 20.2 Å². The van der Waals surface area contributed by atoms with Crippen molar-refractivity contribution >= 4 is 5.69 Å². The van der Waals surface area contributed by atoms with Gasteiger partial charge in [-0.3, -0.25) is 0 Å². The Morgan fingerprint density at radius 1 is 1.39 bits per heavy atom. The first kappa shape index (κ1) is 13.2. The number of rotatable bonds is 2. The molecule has 1 aliphatic heterocycles. The molecule has 0 bridgehead atoms. The van der Waals surface area contributed by atoms with Crippen LogP contribution in [0.1, 0.15) is 31.9 Å².